The van der Waals surface area contributed by atoms with Gasteiger partial charge in [0.15, 0.2) is 0 Å². The molecule has 0 spiro atoms. The smallest absolute Gasteiger partial charge is 0.122 e. The fraction of sp³-hybridized carbons (Fsp3) is 0.308. The summed E-state index contributed by atoms with van der Waals surface area (Å²) in [6, 6.07) is 10.1. The molecule has 0 atom stereocenters. The molecule has 1 heterocycles. The monoisotopic (exact) mass is 216 g/mol. The third kappa shape index (κ3) is 2.63. The summed E-state index contributed by atoms with van der Waals surface area (Å²) >= 11 is 0. The lowest BCUT2D eigenvalue weighted by Gasteiger charge is -2.09. The second-order valence-corrected chi connectivity index (χ2v) is 3.58. The molecule has 84 valence electrons. The number of ether oxygens (including phenoxy) is 1. The minimum atomic E-state index is 0.651. The van der Waals surface area contributed by atoms with E-state index in [1.807, 2.05) is 35.1 Å². The van der Waals surface area contributed by atoms with Crippen molar-refractivity contribution in [1.82, 2.24) is 9.78 Å². The number of nitrogens with zero attached hydrogens (tertiary/aromatic N) is 2. The van der Waals surface area contributed by atoms with E-state index < -0.39 is 0 Å². The van der Waals surface area contributed by atoms with E-state index >= 15 is 0 Å². The van der Waals surface area contributed by atoms with E-state index in [4.69, 9.17) is 4.74 Å². The topological polar surface area (TPSA) is 27.1 Å². The number of benzene rings is 1. The maximum absolute atomic E-state index is 5.74. The third-order valence-corrected chi connectivity index (χ3v) is 2.49. The van der Waals surface area contributed by atoms with Crippen molar-refractivity contribution in [2.45, 2.75) is 19.9 Å². The van der Waals surface area contributed by atoms with Gasteiger partial charge >= 0.3 is 0 Å². The van der Waals surface area contributed by atoms with Gasteiger partial charge in [-0.05, 0) is 24.1 Å². The first-order valence-electron chi connectivity index (χ1n) is 5.58. The maximum Gasteiger partial charge on any atom is 0.122 e. The highest BCUT2D eigenvalue weighted by atomic mass is 16.5. The lowest BCUT2D eigenvalue weighted by atomic mass is 10.1. The molecule has 0 radical (unpaired) electrons. The Kier molecular flexibility index (Phi) is 3.59. The highest BCUT2D eigenvalue weighted by Crippen LogP contribution is 2.17. The first-order valence-corrected chi connectivity index (χ1v) is 5.58. The normalized spacial score (nSPS) is 10.3. The number of aromatic nitrogens is 2. The Morgan fingerprint density at radius 2 is 2.12 bits per heavy atom. The molecule has 2 aromatic rings. The molecule has 0 fully saturated rings. The Labute approximate surface area is 95.7 Å². The van der Waals surface area contributed by atoms with Crippen molar-refractivity contribution in [2.24, 2.45) is 0 Å². The standard InChI is InChI=1S/C13H16N2O/c1-2-12-6-3-4-7-13(12)16-11-10-15-9-5-8-14-15/h3-9H,2,10-11H2,1H3. The number of hydrogen-bond acceptors (Lipinski definition) is 2. The summed E-state index contributed by atoms with van der Waals surface area (Å²) in [4.78, 5) is 0. The minimum Gasteiger partial charge on any atom is -0.491 e. The van der Waals surface area contributed by atoms with Crippen molar-refractivity contribution < 1.29 is 4.74 Å². The van der Waals surface area contributed by atoms with Crippen molar-refractivity contribution in [1.29, 1.82) is 0 Å². The number of rotatable bonds is 5. The largest absolute Gasteiger partial charge is 0.491 e. The zero-order valence-corrected chi connectivity index (χ0v) is 9.47. The van der Waals surface area contributed by atoms with Gasteiger partial charge in [0, 0.05) is 12.4 Å². The molecule has 0 aliphatic heterocycles. The molecular formula is C13H16N2O. The minimum absolute atomic E-state index is 0.651. The summed E-state index contributed by atoms with van der Waals surface area (Å²) < 4.78 is 7.61. The lowest BCUT2D eigenvalue weighted by Crippen LogP contribution is -2.09. The summed E-state index contributed by atoms with van der Waals surface area (Å²) in [6.07, 6.45) is 4.72. The molecule has 1 aromatic carbocycles. The van der Waals surface area contributed by atoms with Gasteiger partial charge in [0.05, 0.1) is 6.54 Å². The van der Waals surface area contributed by atoms with Gasteiger partial charge in [0.1, 0.15) is 12.4 Å². The summed E-state index contributed by atoms with van der Waals surface area (Å²) in [5, 5.41) is 4.13. The van der Waals surface area contributed by atoms with E-state index in [0.717, 1.165) is 18.7 Å². The van der Waals surface area contributed by atoms with Gasteiger partial charge in [0.2, 0.25) is 0 Å². The summed E-state index contributed by atoms with van der Waals surface area (Å²) in [5.74, 6) is 0.983. The fourth-order valence-electron chi connectivity index (χ4n) is 1.62. The third-order valence-electron chi connectivity index (χ3n) is 2.49. The number of para-hydroxylation sites is 1. The van der Waals surface area contributed by atoms with Crippen LogP contribution in [0, 0.1) is 0 Å². The van der Waals surface area contributed by atoms with Crippen LogP contribution in [0.5, 0.6) is 5.75 Å². The van der Waals surface area contributed by atoms with Gasteiger partial charge < -0.3 is 4.74 Å². The molecule has 3 nitrogen and oxygen atoms in total. The van der Waals surface area contributed by atoms with Crippen LogP contribution in [-0.4, -0.2) is 16.4 Å². The molecule has 0 unspecified atom stereocenters. The SMILES string of the molecule is CCc1ccccc1OCCn1cccn1. The lowest BCUT2D eigenvalue weighted by molar-refractivity contribution is 0.289. The average Bonchev–Trinajstić information content (AvgIpc) is 2.83. The number of hydrogen-bond donors (Lipinski definition) is 0. The highest BCUT2D eigenvalue weighted by Gasteiger charge is 2.00. The molecule has 0 N–H and O–H groups in total. The average molecular weight is 216 g/mol. The molecular weight excluding hydrogens is 200 g/mol. The summed E-state index contributed by atoms with van der Waals surface area (Å²) in [5.41, 5.74) is 1.25. The summed E-state index contributed by atoms with van der Waals surface area (Å²) in [7, 11) is 0. The quantitative estimate of drug-likeness (QED) is 0.768. The van der Waals surface area contributed by atoms with Crippen LogP contribution in [0.1, 0.15) is 12.5 Å². The van der Waals surface area contributed by atoms with Crippen molar-refractivity contribution in [3.8, 4) is 5.75 Å². The van der Waals surface area contributed by atoms with Crippen LogP contribution in [0.4, 0.5) is 0 Å². The van der Waals surface area contributed by atoms with Gasteiger partial charge in [-0.2, -0.15) is 5.10 Å². The van der Waals surface area contributed by atoms with Crippen LogP contribution in [0.2, 0.25) is 0 Å². The van der Waals surface area contributed by atoms with E-state index in [1.54, 1.807) is 6.20 Å². The molecule has 3 heteroatoms. The Morgan fingerprint density at radius 3 is 2.88 bits per heavy atom. The Balaban J connectivity index is 1.89. The summed E-state index contributed by atoms with van der Waals surface area (Å²) in [6.45, 7) is 3.57. The van der Waals surface area contributed by atoms with E-state index in [9.17, 15) is 0 Å². The van der Waals surface area contributed by atoms with Crippen LogP contribution < -0.4 is 4.74 Å². The molecule has 1 aromatic heterocycles. The maximum atomic E-state index is 5.74. The van der Waals surface area contributed by atoms with Crippen molar-refractivity contribution in [2.75, 3.05) is 6.61 Å². The van der Waals surface area contributed by atoms with Crippen molar-refractivity contribution >= 4 is 0 Å². The van der Waals surface area contributed by atoms with Gasteiger partial charge in [-0.3, -0.25) is 4.68 Å². The Hall–Kier alpha value is -1.77. The van der Waals surface area contributed by atoms with Gasteiger partial charge in [-0.1, -0.05) is 25.1 Å². The zero-order valence-electron chi connectivity index (χ0n) is 9.47. The van der Waals surface area contributed by atoms with Crippen LogP contribution >= 0.6 is 0 Å². The molecule has 0 aliphatic rings. The molecule has 16 heavy (non-hydrogen) atoms. The van der Waals surface area contributed by atoms with Gasteiger partial charge in [-0.15, -0.1) is 0 Å². The Morgan fingerprint density at radius 1 is 1.25 bits per heavy atom. The molecule has 0 saturated carbocycles. The molecule has 0 aliphatic carbocycles. The second kappa shape index (κ2) is 5.35. The fourth-order valence-corrected chi connectivity index (χ4v) is 1.62. The Bertz CT molecular complexity index is 423. The van der Waals surface area contributed by atoms with E-state index in [-0.39, 0.29) is 0 Å². The molecule has 0 amide bonds. The molecule has 0 bridgehead atoms. The van der Waals surface area contributed by atoms with Crippen LogP contribution in [0.15, 0.2) is 42.7 Å². The van der Waals surface area contributed by atoms with E-state index in [2.05, 4.69) is 18.1 Å². The van der Waals surface area contributed by atoms with E-state index in [1.165, 1.54) is 5.56 Å². The molecule has 2 rings (SSSR count). The van der Waals surface area contributed by atoms with E-state index in [0.29, 0.717) is 6.61 Å². The van der Waals surface area contributed by atoms with Crippen molar-refractivity contribution in [3.05, 3.63) is 48.3 Å². The van der Waals surface area contributed by atoms with Crippen LogP contribution in [0.25, 0.3) is 0 Å². The first-order chi connectivity index (χ1) is 7.90. The molecule has 0 saturated heterocycles. The predicted molar refractivity (Wildman–Crippen MR) is 63.5 cm³/mol. The number of aryl methyl sites for hydroxylation is 1. The van der Waals surface area contributed by atoms with Crippen LogP contribution in [0.3, 0.4) is 0 Å². The van der Waals surface area contributed by atoms with Gasteiger partial charge in [0.25, 0.3) is 0 Å². The first kappa shape index (κ1) is 10.7. The predicted octanol–water partition coefficient (Wildman–Crippen LogP) is 2.52. The van der Waals surface area contributed by atoms with Crippen molar-refractivity contribution in [3.63, 3.8) is 0 Å². The zero-order chi connectivity index (χ0) is 11.2. The van der Waals surface area contributed by atoms with Gasteiger partial charge in [-0.25, -0.2) is 0 Å². The second-order valence-electron chi connectivity index (χ2n) is 3.58. The van der Waals surface area contributed by atoms with Crippen LogP contribution in [-0.2, 0) is 13.0 Å². The highest BCUT2D eigenvalue weighted by molar-refractivity contribution is 5.33.